The van der Waals surface area contributed by atoms with Gasteiger partial charge in [0.15, 0.2) is 17.5 Å². The fraction of sp³-hybridized carbons (Fsp3) is 0.533. The van der Waals surface area contributed by atoms with Crippen LogP contribution in [0, 0.1) is 17.5 Å². The van der Waals surface area contributed by atoms with E-state index in [1.54, 1.807) is 20.8 Å². The zero-order valence-corrected chi connectivity index (χ0v) is 12.7. The maximum Gasteiger partial charge on any atom is 0.407 e. The van der Waals surface area contributed by atoms with E-state index in [2.05, 4.69) is 10.6 Å². The molecule has 1 aromatic rings. The van der Waals surface area contributed by atoms with E-state index in [0.29, 0.717) is 12.8 Å². The number of ether oxygens (including phenoxy) is 1. The molecule has 1 aromatic carbocycles. The van der Waals surface area contributed by atoms with Crippen molar-refractivity contribution in [2.75, 3.05) is 5.32 Å². The van der Waals surface area contributed by atoms with Crippen LogP contribution in [0.5, 0.6) is 0 Å². The summed E-state index contributed by atoms with van der Waals surface area (Å²) in [7, 11) is 0. The highest BCUT2D eigenvalue weighted by Gasteiger charge is 2.31. The molecule has 0 bridgehead atoms. The second-order valence-corrected chi connectivity index (χ2v) is 6.41. The van der Waals surface area contributed by atoms with Crippen molar-refractivity contribution in [3.05, 3.63) is 29.6 Å². The molecule has 0 unspecified atom stereocenters. The number of halogens is 3. The van der Waals surface area contributed by atoms with Crippen LogP contribution in [0.4, 0.5) is 23.7 Å². The Hall–Kier alpha value is -1.92. The lowest BCUT2D eigenvalue weighted by atomic mass is 9.86. The predicted molar refractivity (Wildman–Crippen MR) is 76.1 cm³/mol. The second-order valence-electron chi connectivity index (χ2n) is 6.41. The fourth-order valence-electron chi connectivity index (χ4n) is 2.20. The third-order valence-corrected chi connectivity index (χ3v) is 3.21. The first kappa shape index (κ1) is 16.5. The number of rotatable bonds is 3. The van der Waals surface area contributed by atoms with Crippen LogP contribution in [-0.2, 0) is 4.74 Å². The van der Waals surface area contributed by atoms with Crippen LogP contribution in [0.25, 0.3) is 0 Å². The molecule has 1 saturated carbocycles. The number of carbonyl (C=O) groups excluding carboxylic acids is 1. The number of anilines is 1. The molecule has 0 spiro atoms. The summed E-state index contributed by atoms with van der Waals surface area (Å²) in [6.45, 7) is 5.32. The topological polar surface area (TPSA) is 50.4 Å². The molecule has 0 aromatic heterocycles. The van der Waals surface area contributed by atoms with E-state index in [1.807, 2.05) is 0 Å². The Morgan fingerprint density at radius 2 is 1.68 bits per heavy atom. The lowest BCUT2D eigenvalue weighted by Gasteiger charge is -2.37. The van der Waals surface area contributed by atoms with Crippen molar-refractivity contribution < 1.29 is 22.7 Å². The van der Waals surface area contributed by atoms with Gasteiger partial charge in [0.25, 0.3) is 0 Å². The van der Waals surface area contributed by atoms with Gasteiger partial charge in [0.2, 0.25) is 0 Å². The maximum absolute atomic E-state index is 13.1. The Balaban J connectivity index is 1.79. The standard InChI is InChI=1S/C15H19F3N2O2/c1-15(2,3)22-14(21)20-9-4-8(5-9)19-10-6-11(16)13(18)12(17)7-10/h6-9,19H,4-5H2,1-3H3,(H,20,21). The summed E-state index contributed by atoms with van der Waals surface area (Å²) in [4.78, 5) is 11.6. The van der Waals surface area contributed by atoms with Gasteiger partial charge in [0.05, 0.1) is 0 Å². The minimum atomic E-state index is -1.48. The van der Waals surface area contributed by atoms with E-state index < -0.39 is 29.1 Å². The van der Waals surface area contributed by atoms with Crippen LogP contribution in [0.2, 0.25) is 0 Å². The second kappa shape index (κ2) is 6.06. The first-order valence-electron chi connectivity index (χ1n) is 7.04. The van der Waals surface area contributed by atoms with Crippen LogP contribution in [0.1, 0.15) is 33.6 Å². The van der Waals surface area contributed by atoms with Crippen molar-refractivity contribution in [1.82, 2.24) is 5.32 Å². The van der Waals surface area contributed by atoms with Crippen molar-refractivity contribution in [2.45, 2.75) is 51.3 Å². The van der Waals surface area contributed by atoms with Crippen molar-refractivity contribution >= 4 is 11.8 Å². The van der Waals surface area contributed by atoms with Crippen LogP contribution in [0.3, 0.4) is 0 Å². The molecule has 1 aliphatic carbocycles. The van der Waals surface area contributed by atoms with Gasteiger partial charge in [-0.1, -0.05) is 0 Å². The summed E-state index contributed by atoms with van der Waals surface area (Å²) in [6, 6.07) is 1.73. The molecule has 0 aliphatic heterocycles. The molecule has 0 saturated heterocycles. The van der Waals surface area contributed by atoms with Gasteiger partial charge in [-0.3, -0.25) is 0 Å². The summed E-state index contributed by atoms with van der Waals surface area (Å²) in [6.07, 6.45) is 0.703. The van der Waals surface area contributed by atoms with Gasteiger partial charge in [-0.25, -0.2) is 18.0 Å². The molecular formula is C15H19F3N2O2. The third kappa shape index (κ3) is 4.29. The Kier molecular flexibility index (Phi) is 4.53. The predicted octanol–water partition coefficient (Wildman–Crippen LogP) is 3.57. The van der Waals surface area contributed by atoms with Crippen molar-refractivity contribution in [3.8, 4) is 0 Å². The Morgan fingerprint density at radius 1 is 1.14 bits per heavy atom. The summed E-state index contributed by atoms with van der Waals surface area (Å²) in [5.41, 5.74) is -0.383. The molecule has 0 heterocycles. The van der Waals surface area contributed by atoms with Crippen molar-refractivity contribution in [1.29, 1.82) is 0 Å². The molecule has 1 amide bonds. The van der Waals surface area contributed by atoms with E-state index >= 15 is 0 Å². The number of hydrogen-bond acceptors (Lipinski definition) is 3. The van der Waals surface area contributed by atoms with Crippen molar-refractivity contribution in [2.24, 2.45) is 0 Å². The van der Waals surface area contributed by atoms with Gasteiger partial charge in [-0.05, 0) is 33.6 Å². The fourth-order valence-corrected chi connectivity index (χ4v) is 2.20. The van der Waals surface area contributed by atoms with Gasteiger partial charge in [0.1, 0.15) is 5.60 Å². The summed E-state index contributed by atoms with van der Waals surface area (Å²) in [5, 5.41) is 5.61. The molecule has 0 atom stereocenters. The number of nitrogens with one attached hydrogen (secondary N) is 2. The molecule has 4 nitrogen and oxygen atoms in total. The minimum Gasteiger partial charge on any atom is -0.444 e. The monoisotopic (exact) mass is 316 g/mol. The number of alkyl carbamates (subject to hydrolysis) is 1. The van der Waals surface area contributed by atoms with Gasteiger partial charge in [-0.15, -0.1) is 0 Å². The third-order valence-electron chi connectivity index (χ3n) is 3.21. The van der Waals surface area contributed by atoms with Gasteiger partial charge in [0, 0.05) is 29.9 Å². The first-order valence-corrected chi connectivity index (χ1v) is 7.04. The van der Waals surface area contributed by atoms with E-state index in [1.165, 1.54) is 0 Å². The van der Waals surface area contributed by atoms with E-state index in [4.69, 9.17) is 4.74 Å². The van der Waals surface area contributed by atoms with E-state index in [0.717, 1.165) is 12.1 Å². The quantitative estimate of drug-likeness (QED) is 0.838. The summed E-state index contributed by atoms with van der Waals surface area (Å²) >= 11 is 0. The first-order chi connectivity index (χ1) is 10.1. The number of amides is 1. The van der Waals surface area contributed by atoms with Gasteiger partial charge < -0.3 is 15.4 Å². The Labute approximate surface area is 127 Å². The minimum absolute atomic E-state index is 0.0378. The zero-order chi connectivity index (χ0) is 16.5. The summed E-state index contributed by atoms with van der Waals surface area (Å²) < 4.78 is 44.2. The Bertz CT molecular complexity index is 543. The zero-order valence-electron chi connectivity index (χ0n) is 12.7. The SMILES string of the molecule is CC(C)(C)OC(=O)NC1CC(Nc2cc(F)c(F)c(F)c2)C1. The highest BCUT2D eigenvalue weighted by Crippen LogP contribution is 2.26. The maximum atomic E-state index is 13.1. The van der Waals surface area contributed by atoms with Gasteiger partial charge in [-0.2, -0.15) is 0 Å². The molecule has 7 heteroatoms. The molecule has 122 valence electrons. The van der Waals surface area contributed by atoms with E-state index in [9.17, 15) is 18.0 Å². The van der Waals surface area contributed by atoms with Crippen LogP contribution in [-0.4, -0.2) is 23.8 Å². The van der Waals surface area contributed by atoms with Crippen LogP contribution < -0.4 is 10.6 Å². The van der Waals surface area contributed by atoms with Crippen LogP contribution in [0.15, 0.2) is 12.1 Å². The largest absolute Gasteiger partial charge is 0.444 e. The highest BCUT2D eigenvalue weighted by molar-refractivity contribution is 5.68. The smallest absolute Gasteiger partial charge is 0.407 e. The van der Waals surface area contributed by atoms with Crippen molar-refractivity contribution in [3.63, 3.8) is 0 Å². The average Bonchev–Trinajstić information content (AvgIpc) is 2.30. The molecule has 22 heavy (non-hydrogen) atoms. The molecule has 1 aliphatic rings. The molecule has 1 fully saturated rings. The Morgan fingerprint density at radius 3 is 2.18 bits per heavy atom. The van der Waals surface area contributed by atoms with Gasteiger partial charge >= 0.3 is 6.09 Å². The molecule has 2 N–H and O–H groups in total. The molecule has 0 radical (unpaired) electrons. The van der Waals surface area contributed by atoms with Crippen LogP contribution >= 0.6 is 0 Å². The lowest BCUT2D eigenvalue weighted by molar-refractivity contribution is 0.0475. The van der Waals surface area contributed by atoms with E-state index in [-0.39, 0.29) is 17.8 Å². The number of benzene rings is 1. The molecule has 2 rings (SSSR count). The normalized spacial score (nSPS) is 21.0. The molecular weight excluding hydrogens is 297 g/mol. The number of carbonyl (C=O) groups is 1. The highest BCUT2D eigenvalue weighted by atomic mass is 19.2. The summed E-state index contributed by atoms with van der Waals surface area (Å²) in [5.74, 6) is -3.95. The lowest BCUT2D eigenvalue weighted by Crippen LogP contribution is -2.50. The number of hydrogen-bond donors (Lipinski definition) is 2. The average molecular weight is 316 g/mol.